The number of hydrogen-bond donors (Lipinski definition) is 0. The third-order valence-corrected chi connectivity index (χ3v) is 4.89. The molecule has 2 atom stereocenters. The highest BCUT2D eigenvalue weighted by molar-refractivity contribution is 5.96. The van der Waals surface area contributed by atoms with Crippen molar-refractivity contribution in [2.45, 2.75) is 51.7 Å². The maximum Gasteiger partial charge on any atom is 0.317 e. The van der Waals surface area contributed by atoms with E-state index in [1.807, 2.05) is 75.4 Å². The third kappa shape index (κ3) is 4.78. The molecule has 29 heavy (non-hydrogen) atoms. The van der Waals surface area contributed by atoms with E-state index >= 15 is 0 Å². The van der Waals surface area contributed by atoms with Crippen LogP contribution in [0.4, 0.5) is 0 Å². The summed E-state index contributed by atoms with van der Waals surface area (Å²) < 4.78 is 16.7. The first-order valence-electron chi connectivity index (χ1n) is 9.93. The summed E-state index contributed by atoms with van der Waals surface area (Å²) in [5.41, 5.74) is 0.152. The molecule has 0 saturated heterocycles. The van der Waals surface area contributed by atoms with E-state index in [4.69, 9.17) is 14.2 Å². The van der Waals surface area contributed by atoms with E-state index in [1.54, 1.807) is 6.92 Å². The average molecular weight is 396 g/mol. The van der Waals surface area contributed by atoms with Gasteiger partial charge in [0.25, 0.3) is 0 Å². The molecule has 0 spiro atoms. The first kappa shape index (κ1) is 20.9. The molecular formula is C24H28O5. The molecule has 1 saturated carbocycles. The Morgan fingerprint density at radius 3 is 2.45 bits per heavy atom. The van der Waals surface area contributed by atoms with Gasteiger partial charge in [-0.25, -0.2) is 0 Å². The molecule has 0 heterocycles. The van der Waals surface area contributed by atoms with Gasteiger partial charge in [0.05, 0.1) is 12.5 Å². The largest absolute Gasteiger partial charge is 0.489 e. The number of carbonyl (C=O) groups excluding carboxylic acids is 2. The number of benzene rings is 2. The molecule has 5 nitrogen and oxygen atoms in total. The summed E-state index contributed by atoms with van der Waals surface area (Å²) in [5.74, 6) is -0.674. The number of rotatable bonds is 7. The predicted octanol–water partition coefficient (Wildman–Crippen LogP) is 4.43. The number of hydrogen-bond acceptors (Lipinski definition) is 5. The maximum atomic E-state index is 12.8. The minimum Gasteiger partial charge on any atom is -0.489 e. The summed E-state index contributed by atoms with van der Waals surface area (Å²) in [6.45, 7) is 7.89. The Morgan fingerprint density at radius 2 is 1.79 bits per heavy atom. The lowest BCUT2D eigenvalue weighted by molar-refractivity contribution is -0.160. The van der Waals surface area contributed by atoms with E-state index in [0.29, 0.717) is 18.8 Å². The molecule has 1 aliphatic rings. The second-order valence-electron chi connectivity index (χ2n) is 8.28. The lowest BCUT2D eigenvalue weighted by Crippen LogP contribution is -2.31. The Kier molecular flexibility index (Phi) is 5.96. The molecule has 5 heteroatoms. The van der Waals surface area contributed by atoms with Gasteiger partial charge in [-0.15, -0.1) is 0 Å². The van der Waals surface area contributed by atoms with E-state index in [-0.39, 0.29) is 12.6 Å². The van der Waals surface area contributed by atoms with Crippen molar-refractivity contribution in [2.24, 2.45) is 5.92 Å². The zero-order valence-corrected chi connectivity index (χ0v) is 17.4. The second kappa shape index (κ2) is 8.27. The van der Waals surface area contributed by atoms with Gasteiger partial charge in [-0.05, 0) is 57.4 Å². The molecule has 2 aromatic rings. The van der Waals surface area contributed by atoms with Crippen molar-refractivity contribution in [3.63, 3.8) is 0 Å². The second-order valence-corrected chi connectivity index (χ2v) is 8.28. The standard InChI is InChI=1S/C24H28O5/c1-5-27-22(26)24(15-20(24)21(25)29-23(2,3)4)18-12-9-13-19(14-18)28-16-17-10-7-6-8-11-17/h6-14,20H,5,15-16H2,1-4H3/t20-,24-/m0/s1. The molecule has 3 rings (SSSR count). The predicted molar refractivity (Wildman–Crippen MR) is 109 cm³/mol. The van der Waals surface area contributed by atoms with Gasteiger partial charge in [0.15, 0.2) is 0 Å². The highest BCUT2D eigenvalue weighted by atomic mass is 16.6. The molecular weight excluding hydrogens is 368 g/mol. The Labute approximate surface area is 172 Å². The first-order valence-corrected chi connectivity index (χ1v) is 9.93. The van der Waals surface area contributed by atoms with E-state index in [1.165, 1.54) is 0 Å². The molecule has 0 unspecified atom stereocenters. The lowest BCUT2D eigenvalue weighted by atomic mass is 9.93. The van der Waals surface area contributed by atoms with Gasteiger partial charge in [0.1, 0.15) is 23.4 Å². The molecule has 1 aliphatic carbocycles. The van der Waals surface area contributed by atoms with Crippen molar-refractivity contribution >= 4 is 11.9 Å². The van der Waals surface area contributed by atoms with Crippen LogP contribution in [0.2, 0.25) is 0 Å². The summed E-state index contributed by atoms with van der Waals surface area (Å²) in [5, 5.41) is 0. The fourth-order valence-electron chi connectivity index (χ4n) is 3.45. The van der Waals surface area contributed by atoms with E-state index < -0.39 is 22.9 Å². The van der Waals surface area contributed by atoms with Crippen LogP contribution < -0.4 is 4.74 Å². The summed E-state index contributed by atoms with van der Waals surface area (Å²) in [4.78, 5) is 25.5. The summed E-state index contributed by atoms with van der Waals surface area (Å²) in [6, 6.07) is 17.2. The van der Waals surface area contributed by atoms with Crippen molar-refractivity contribution in [2.75, 3.05) is 6.61 Å². The van der Waals surface area contributed by atoms with Gasteiger partial charge in [-0.1, -0.05) is 42.5 Å². The zero-order chi connectivity index (χ0) is 21.1. The molecule has 0 aromatic heterocycles. The van der Waals surface area contributed by atoms with Crippen molar-refractivity contribution in [3.8, 4) is 5.75 Å². The third-order valence-electron chi connectivity index (χ3n) is 4.89. The quantitative estimate of drug-likeness (QED) is 0.648. The highest BCUT2D eigenvalue weighted by Gasteiger charge is 2.67. The zero-order valence-electron chi connectivity index (χ0n) is 17.4. The Morgan fingerprint density at radius 1 is 1.07 bits per heavy atom. The summed E-state index contributed by atoms with van der Waals surface area (Å²) in [6.07, 6.45) is 0.378. The van der Waals surface area contributed by atoms with Gasteiger partial charge in [-0.2, -0.15) is 0 Å². The lowest BCUT2D eigenvalue weighted by Gasteiger charge is -2.22. The van der Waals surface area contributed by atoms with Crippen LogP contribution in [-0.4, -0.2) is 24.1 Å². The fraction of sp³-hybridized carbons (Fsp3) is 0.417. The molecule has 0 radical (unpaired) electrons. The van der Waals surface area contributed by atoms with Crippen molar-refractivity contribution in [1.82, 2.24) is 0 Å². The molecule has 0 amide bonds. The maximum absolute atomic E-state index is 12.8. The van der Waals surface area contributed by atoms with E-state index in [9.17, 15) is 9.59 Å². The summed E-state index contributed by atoms with van der Waals surface area (Å²) in [7, 11) is 0. The van der Waals surface area contributed by atoms with Crippen molar-refractivity contribution in [3.05, 3.63) is 65.7 Å². The highest BCUT2D eigenvalue weighted by Crippen LogP contribution is 2.56. The SMILES string of the molecule is CCOC(=O)[C@]1(c2cccc(OCc3ccccc3)c2)C[C@H]1C(=O)OC(C)(C)C. The van der Waals surface area contributed by atoms with Crippen molar-refractivity contribution < 1.29 is 23.8 Å². The molecule has 154 valence electrons. The average Bonchev–Trinajstić information content (AvgIpc) is 3.44. The first-order chi connectivity index (χ1) is 13.8. The van der Waals surface area contributed by atoms with Crippen LogP contribution in [0.5, 0.6) is 5.75 Å². The van der Waals surface area contributed by atoms with Crippen LogP contribution in [0.3, 0.4) is 0 Å². The van der Waals surface area contributed by atoms with Gasteiger partial charge < -0.3 is 14.2 Å². The van der Waals surface area contributed by atoms with Crippen molar-refractivity contribution in [1.29, 1.82) is 0 Å². The van der Waals surface area contributed by atoms with Gasteiger partial charge >= 0.3 is 11.9 Å². The van der Waals surface area contributed by atoms with E-state index in [0.717, 1.165) is 11.1 Å². The topological polar surface area (TPSA) is 61.8 Å². The normalized spacial score (nSPS) is 20.6. The summed E-state index contributed by atoms with van der Waals surface area (Å²) >= 11 is 0. The van der Waals surface area contributed by atoms with Gasteiger partial charge in [-0.3, -0.25) is 9.59 Å². The number of esters is 2. The monoisotopic (exact) mass is 396 g/mol. The van der Waals surface area contributed by atoms with E-state index in [2.05, 4.69) is 0 Å². The molecule has 0 aliphatic heterocycles. The van der Waals surface area contributed by atoms with Gasteiger partial charge in [0, 0.05) is 0 Å². The van der Waals surface area contributed by atoms with Crippen LogP contribution in [0.1, 0.15) is 45.2 Å². The molecule has 2 aromatic carbocycles. The van der Waals surface area contributed by atoms with Crippen LogP contribution in [0.15, 0.2) is 54.6 Å². The van der Waals surface area contributed by atoms with Crippen LogP contribution >= 0.6 is 0 Å². The van der Waals surface area contributed by atoms with Crippen LogP contribution in [0.25, 0.3) is 0 Å². The minimum absolute atomic E-state index is 0.256. The van der Waals surface area contributed by atoms with Crippen LogP contribution in [0, 0.1) is 5.92 Å². The fourth-order valence-corrected chi connectivity index (χ4v) is 3.45. The number of ether oxygens (including phenoxy) is 3. The Balaban J connectivity index is 1.82. The number of carbonyl (C=O) groups is 2. The Bertz CT molecular complexity index is 868. The minimum atomic E-state index is -1.01. The Hall–Kier alpha value is -2.82. The molecule has 1 fully saturated rings. The molecule has 0 bridgehead atoms. The smallest absolute Gasteiger partial charge is 0.317 e. The molecule has 0 N–H and O–H groups in total. The van der Waals surface area contributed by atoms with Gasteiger partial charge in [0.2, 0.25) is 0 Å². The van der Waals surface area contributed by atoms with Crippen LogP contribution in [-0.2, 0) is 31.1 Å².